The van der Waals surface area contributed by atoms with E-state index in [-0.39, 0.29) is 5.91 Å². The van der Waals surface area contributed by atoms with Crippen LogP contribution in [0.5, 0.6) is 5.75 Å². The molecule has 0 aromatic heterocycles. The van der Waals surface area contributed by atoms with Gasteiger partial charge in [-0.1, -0.05) is 35.7 Å². The lowest BCUT2D eigenvalue weighted by molar-refractivity contribution is 0.0792. The van der Waals surface area contributed by atoms with Crippen molar-refractivity contribution in [2.45, 2.75) is 39.0 Å². The van der Waals surface area contributed by atoms with Crippen LogP contribution in [0.15, 0.2) is 24.3 Å². The van der Waals surface area contributed by atoms with E-state index in [0.29, 0.717) is 0 Å². The molecule has 4 heteroatoms. The summed E-state index contributed by atoms with van der Waals surface area (Å²) in [6.45, 7) is 3.68. The normalized spacial score (nSPS) is 10.4. The molecule has 0 N–H and O–H groups in total. The SMILES string of the molecule is CCCCOc1ccc(C(=O)N(C)CCCCCBr)cc1. The third-order valence-electron chi connectivity index (χ3n) is 3.34. The molecule has 0 atom stereocenters. The lowest BCUT2D eigenvalue weighted by Crippen LogP contribution is -2.27. The Morgan fingerprint density at radius 3 is 2.48 bits per heavy atom. The number of benzene rings is 1. The van der Waals surface area contributed by atoms with Gasteiger partial charge in [-0.3, -0.25) is 4.79 Å². The molecular weight excluding hydrogens is 330 g/mol. The molecule has 0 aliphatic carbocycles. The summed E-state index contributed by atoms with van der Waals surface area (Å²) >= 11 is 3.42. The monoisotopic (exact) mass is 355 g/mol. The number of unbranched alkanes of at least 4 members (excludes halogenated alkanes) is 3. The molecule has 21 heavy (non-hydrogen) atoms. The number of carbonyl (C=O) groups excluding carboxylic acids is 1. The van der Waals surface area contributed by atoms with Gasteiger partial charge in [-0.05, 0) is 43.5 Å². The van der Waals surface area contributed by atoms with Crippen LogP contribution >= 0.6 is 15.9 Å². The van der Waals surface area contributed by atoms with Crippen molar-refractivity contribution in [3.63, 3.8) is 0 Å². The summed E-state index contributed by atoms with van der Waals surface area (Å²) in [5, 5.41) is 1.03. The Hall–Kier alpha value is -1.03. The van der Waals surface area contributed by atoms with Gasteiger partial charge in [-0.2, -0.15) is 0 Å². The lowest BCUT2D eigenvalue weighted by Gasteiger charge is -2.17. The smallest absolute Gasteiger partial charge is 0.253 e. The van der Waals surface area contributed by atoms with E-state index in [9.17, 15) is 4.79 Å². The van der Waals surface area contributed by atoms with E-state index < -0.39 is 0 Å². The molecule has 0 aliphatic heterocycles. The van der Waals surface area contributed by atoms with Crippen LogP contribution < -0.4 is 4.74 Å². The summed E-state index contributed by atoms with van der Waals surface area (Å²) in [5.41, 5.74) is 0.723. The highest BCUT2D eigenvalue weighted by Crippen LogP contribution is 2.14. The Morgan fingerprint density at radius 1 is 1.14 bits per heavy atom. The molecule has 3 nitrogen and oxygen atoms in total. The molecule has 1 rings (SSSR count). The Kier molecular flexibility index (Phi) is 9.15. The summed E-state index contributed by atoms with van der Waals surface area (Å²) in [6.07, 6.45) is 5.53. The quantitative estimate of drug-likeness (QED) is 0.456. The van der Waals surface area contributed by atoms with E-state index in [4.69, 9.17) is 4.74 Å². The number of hydrogen-bond donors (Lipinski definition) is 0. The van der Waals surface area contributed by atoms with E-state index in [0.717, 1.165) is 61.9 Å². The number of alkyl halides is 1. The predicted molar refractivity (Wildman–Crippen MR) is 91.5 cm³/mol. The first-order valence-corrected chi connectivity index (χ1v) is 8.85. The number of halogens is 1. The van der Waals surface area contributed by atoms with Crippen molar-refractivity contribution in [3.05, 3.63) is 29.8 Å². The fourth-order valence-electron chi connectivity index (χ4n) is 1.97. The second-order valence-corrected chi connectivity index (χ2v) is 6.00. The van der Waals surface area contributed by atoms with E-state index in [1.165, 1.54) is 0 Å². The third-order valence-corrected chi connectivity index (χ3v) is 3.90. The van der Waals surface area contributed by atoms with Crippen molar-refractivity contribution in [1.29, 1.82) is 0 Å². The van der Waals surface area contributed by atoms with Crippen LogP contribution in [0.4, 0.5) is 0 Å². The molecule has 1 amide bonds. The van der Waals surface area contributed by atoms with Gasteiger partial charge >= 0.3 is 0 Å². The highest BCUT2D eigenvalue weighted by Gasteiger charge is 2.11. The number of ether oxygens (including phenoxy) is 1. The first kappa shape index (κ1) is 18.0. The van der Waals surface area contributed by atoms with E-state index in [1.54, 1.807) is 4.90 Å². The van der Waals surface area contributed by atoms with Crippen molar-refractivity contribution in [1.82, 2.24) is 4.90 Å². The zero-order valence-corrected chi connectivity index (χ0v) is 14.7. The molecule has 0 bridgehead atoms. The molecule has 1 aromatic rings. The Bertz CT molecular complexity index is 406. The van der Waals surface area contributed by atoms with Crippen LogP contribution in [0.1, 0.15) is 49.4 Å². The zero-order chi connectivity index (χ0) is 15.5. The standard InChI is InChI=1S/C17H26BrNO2/c1-3-4-14-21-16-10-8-15(9-11-16)17(20)19(2)13-7-5-6-12-18/h8-11H,3-7,12-14H2,1-2H3. The first-order chi connectivity index (χ1) is 10.2. The average molecular weight is 356 g/mol. The summed E-state index contributed by atoms with van der Waals surface area (Å²) in [6, 6.07) is 7.44. The molecule has 118 valence electrons. The Labute approximate surface area is 136 Å². The van der Waals surface area contributed by atoms with Crippen LogP contribution in [-0.4, -0.2) is 36.3 Å². The topological polar surface area (TPSA) is 29.5 Å². The molecule has 0 heterocycles. The lowest BCUT2D eigenvalue weighted by atomic mass is 10.2. The van der Waals surface area contributed by atoms with Gasteiger partial charge < -0.3 is 9.64 Å². The third kappa shape index (κ3) is 6.98. The van der Waals surface area contributed by atoms with Crippen molar-refractivity contribution in [3.8, 4) is 5.75 Å². The summed E-state index contributed by atoms with van der Waals surface area (Å²) < 4.78 is 5.60. The molecule has 0 saturated carbocycles. The van der Waals surface area contributed by atoms with Crippen molar-refractivity contribution >= 4 is 21.8 Å². The number of hydrogen-bond acceptors (Lipinski definition) is 2. The first-order valence-electron chi connectivity index (χ1n) is 7.73. The van der Waals surface area contributed by atoms with Gasteiger partial charge in [0.05, 0.1) is 6.61 Å². The minimum Gasteiger partial charge on any atom is -0.494 e. The summed E-state index contributed by atoms with van der Waals surface area (Å²) in [7, 11) is 1.86. The molecule has 0 unspecified atom stereocenters. The number of rotatable bonds is 10. The second kappa shape index (κ2) is 10.7. The maximum atomic E-state index is 12.3. The van der Waals surface area contributed by atoms with Gasteiger partial charge in [0.2, 0.25) is 0 Å². The van der Waals surface area contributed by atoms with Crippen LogP contribution in [0, 0.1) is 0 Å². The highest BCUT2D eigenvalue weighted by molar-refractivity contribution is 9.09. The fourth-order valence-corrected chi connectivity index (χ4v) is 2.37. The molecule has 0 fully saturated rings. The molecule has 0 radical (unpaired) electrons. The number of amides is 1. The highest BCUT2D eigenvalue weighted by atomic mass is 79.9. The van der Waals surface area contributed by atoms with Gasteiger partial charge in [0.25, 0.3) is 5.91 Å². The van der Waals surface area contributed by atoms with Crippen LogP contribution in [-0.2, 0) is 0 Å². The largest absolute Gasteiger partial charge is 0.494 e. The molecular formula is C17H26BrNO2. The average Bonchev–Trinajstić information content (AvgIpc) is 2.51. The summed E-state index contributed by atoms with van der Waals surface area (Å²) in [4.78, 5) is 14.0. The predicted octanol–water partition coefficient (Wildman–Crippen LogP) is 4.50. The van der Waals surface area contributed by atoms with Crippen LogP contribution in [0.25, 0.3) is 0 Å². The molecule has 0 aliphatic rings. The zero-order valence-electron chi connectivity index (χ0n) is 13.1. The molecule has 1 aromatic carbocycles. The fraction of sp³-hybridized carbons (Fsp3) is 0.588. The van der Waals surface area contributed by atoms with Gasteiger partial charge in [0.15, 0.2) is 0 Å². The maximum Gasteiger partial charge on any atom is 0.253 e. The second-order valence-electron chi connectivity index (χ2n) is 5.20. The summed E-state index contributed by atoms with van der Waals surface area (Å²) in [5.74, 6) is 0.911. The van der Waals surface area contributed by atoms with Crippen LogP contribution in [0.3, 0.4) is 0 Å². The van der Waals surface area contributed by atoms with E-state index in [2.05, 4.69) is 22.9 Å². The maximum absolute atomic E-state index is 12.3. The van der Waals surface area contributed by atoms with E-state index >= 15 is 0 Å². The Balaban J connectivity index is 2.42. The van der Waals surface area contributed by atoms with Crippen molar-refractivity contribution < 1.29 is 9.53 Å². The van der Waals surface area contributed by atoms with Crippen molar-refractivity contribution in [2.24, 2.45) is 0 Å². The minimum atomic E-state index is 0.0777. The van der Waals surface area contributed by atoms with E-state index in [1.807, 2.05) is 31.3 Å². The Morgan fingerprint density at radius 2 is 1.86 bits per heavy atom. The van der Waals surface area contributed by atoms with Gasteiger partial charge in [0.1, 0.15) is 5.75 Å². The van der Waals surface area contributed by atoms with Gasteiger partial charge in [-0.25, -0.2) is 0 Å². The molecule has 0 spiro atoms. The van der Waals surface area contributed by atoms with Gasteiger partial charge in [-0.15, -0.1) is 0 Å². The molecule has 0 saturated heterocycles. The van der Waals surface area contributed by atoms with Crippen LogP contribution in [0.2, 0.25) is 0 Å². The van der Waals surface area contributed by atoms with Crippen molar-refractivity contribution in [2.75, 3.05) is 25.5 Å². The minimum absolute atomic E-state index is 0.0777. The van der Waals surface area contributed by atoms with Gasteiger partial charge in [0, 0.05) is 24.5 Å². The number of carbonyl (C=O) groups is 1. The number of nitrogens with zero attached hydrogens (tertiary/aromatic N) is 1.